The van der Waals surface area contributed by atoms with Crippen LogP contribution in [0.1, 0.15) is 18.4 Å². The maximum absolute atomic E-state index is 12.4. The molecule has 0 spiro atoms. The van der Waals surface area contributed by atoms with Crippen LogP contribution in [-0.4, -0.2) is 26.6 Å². The molecule has 1 aliphatic rings. The van der Waals surface area contributed by atoms with Crippen LogP contribution in [0.3, 0.4) is 0 Å². The number of nitrogens with one attached hydrogen (secondary N) is 2. The van der Waals surface area contributed by atoms with Crippen molar-refractivity contribution in [2.24, 2.45) is 5.92 Å². The van der Waals surface area contributed by atoms with Crippen molar-refractivity contribution in [3.05, 3.63) is 66.7 Å². The molecular formula is C20H19N5O2. The van der Waals surface area contributed by atoms with Crippen LogP contribution in [0.2, 0.25) is 0 Å². The van der Waals surface area contributed by atoms with Gasteiger partial charge in [0.2, 0.25) is 11.8 Å². The lowest BCUT2D eigenvalue weighted by atomic mass is 9.89. The van der Waals surface area contributed by atoms with Crippen molar-refractivity contribution in [1.29, 1.82) is 0 Å². The Morgan fingerprint density at radius 3 is 2.85 bits per heavy atom. The van der Waals surface area contributed by atoms with Crippen LogP contribution >= 0.6 is 0 Å². The first kappa shape index (κ1) is 17.0. The van der Waals surface area contributed by atoms with Crippen molar-refractivity contribution >= 4 is 23.2 Å². The monoisotopic (exact) mass is 361 g/mol. The van der Waals surface area contributed by atoms with Crippen LogP contribution in [0, 0.1) is 5.92 Å². The van der Waals surface area contributed by atoms with Crippen molar-refractivity contribution in [3.63, 3.8) is 0 Å². The van der Waals surface area contributed by atoms with E-state index in [0.717, 1.165) is 16.9 Å². The van der Waals surface area contributed by atoms with Crippen molar-refractivity contribution < 1.29 is 9.59 Å². The number of nitrogens with zero attached hydrogens (tertiary/aromatic N) is 3. The fourth-order valence-electron chi connectivity index (χ4n) is 3.28. The number of anilines is 2. The number of amides is 2. The topological polar surface area (TPSA) is 88.9 Å². The molecule has 0 bridgehead atoms. The second-order valence-electron chi connectivity index (χ2n) is 6.49. The number of rotatable bonds is 5. The highest BCUT2D eigenvalue weighted by Crippen LogP contribution is 2.28. The zero-order valence-electron chi connectivity index (χ0n) is 14.6. The summed E-state index contributed by atoms with van der Waals surface area (Å²) >= 11 is 0. The van der Waals surface area contributed by atoms with Crippen molar-refractivity contribution in [2.45, 2.75) is 19.3 Å². The Morgan fingerprint density at radius 2 is 2.00 bits per heavy atom. The first-order valence-electron chi connectivity index (χ1n) is 8.83. The third-order valence-corrected chi connectivity index (χ3v) is 4.68. The van der Waals surface area contributed by atoms with Crippen molar-refractivity contribution in [3.8, 4) is 5.69 Å². The van der Waals surface area contributed by atoms with Crippen LogP contribution in [0.25, 0.3) is 5.69 Å². The van der Waals surface area contributed by atoms with Crippen LogP contribution in [0.5, 0.6) is 0 Å². The molecule has 4 rings (SSSR count). The first-order valence-corrected chi connectivity index (χ1v) is 8.83. The van der Waals surface area contributed by atoms with Crippen LogP contribution in [0.4, 0.5) is 11.4 Å². The van der Waals surface area contributed by atoms with E-state index in [2.05, 4.69) is 20.7 Å². The second-order valence-corrected chi connectivity index (χ2v) is 6.49. The summed E-state index contributed by atoms with van der Waals surface area (Å²) < 4.78 is 1.60. The highest BCUT2D eigenvalue weighted by Gasteiger charge is 2.26. The lowest BCUT2D eigenvalue weighted by Gasteiger charge is -2.24. The maximum atomic E-state index is 12.4. The summed E-state index contributed by atoms with van der Waals surface area (Å²) in [5.74, 6) is -0.352. The van der Waals surface area contributed by atoms with Gasteiger partial charge in [-0.2, -0.15) is 5.10 Å². The molecule has 2 aromatic carbocycles. The fraction of sp³-hybridized carbons (Fsp3) is 0.200. The van der Waals surface area contributed by atoms with E-state index in [1.54, 1.807) is 11.0 Å². The van der Waals surface area contributed by atoms with Gasteiger partial charge < -0.3 is 10.6 Å². The molecule has 3 aromatic rings. The van der Waals surface area contributed by atoms with E-state index in [1.165, 1.54) is 6.33 Å². The zero-order chi connectivity index (χ0) is 18.6. The Kier molecular flexibility index (Phi) is 4.65. The Labute approximate surface area is 156 Å². The predicted octanol–water partition coefficient (Wildman–Crippen LogP) is 2.80. The minimum atomic E-state index is -0.198. The van der Waals surface area contributed by atoms with Gasteiger partial charge >= 0.3 is 0 Å². The van der Waals surface area contributed by atoms with Gasteiger partial charge in [-0.3, -0.25) is 9.59 Å². The Hall–Kier alpha value is -3.48. The van der Waals surface area contributed by atoms with Crippen molar-refractivity contribution in [1.82, 2.24) is 14.8 Å². The number of carbonyl (C=O) groups excluding carboxylic acids is 2. The molecule has 2 heterocycles. The average Bonchev–Trinajstić information content (AvgIpc) is 3.21. The average molecular weight is 361 g/mol. The van der Waals surface area contributed by atoms with Gasteiger partial charge in [0.25, 0.3) is 0 Å². The van der Waals surface area contributed by atoms with Crippen LogP contribution < -0.4 is 10.6 Å². The lowest BCUT2D eigenvalue weighted by molar-refractivity contribution is -0.121. The Bertz CT molecular complexity index is 968. The standard InChI is InChI=1S/C20H19N5O2/c26-19(23-17-7-3-4-8-18(17)25-13-21-12-22-25)10-9-15-11-14-5-1-2-6-16(14)24-20(15)27/h1-8,12-13,15H,9-11H2,(H,23,26)(H,24,27). The fourth-order valence-corrected chi connectivity index (χ4v) is 3.28. The SMILES string of the molecule is O=C(CCC1Cc2ccccc2NC1=O)Nc1ccccc1-n1cncn1. The first-order chi connectivity index (χ1) is 13.2. The maximum Gasteiger partial charge on any atom is 0.227 e. The highest BCUT2D eigenvalue weighted by atomic mass is 16.2. The summed E-state index contributed by atoms with van der Waals surface area (Å²) in [5, 5.41) is 9.94. The van der Waals surface area contributed by atoms with Gasteiger partial charge in [0.05, 0.1) is 11.4 Å². The predicted molar refractivity (Wildman–Crippen MR) is 101 cm³/mol. The molecule has 27 heavy (non-hydrogen) atoms. The number of benzene rings is 2. The van der Waals surface area contributed by atoms with Gasteiger partial charge in [0.15, 0.2) is 0 Å². The zero-order valence-corrected chi connectivity index (χ0v) is 14.6. The smallest absolute Gasteiger partial charge is 0.227 e. The Morgan fingerprint density at radius 1 is 1.19 bits per heavy atom. The summed E-state index contributed by atoms with van der Waals surface area (Å²) in [5.41, 5.74) is 3.38. The molecule has 0 radical (unpaired) electrons. The highest BCUT2D eigenvalue weighted by molar-refractivity contribution is 5.97. The summed E-state index contributed by atoms with van der Waals surface area (Å²) in [6, 6.07) is 15.2. The number of hydrogen-bond donors (Lipinski definition) is 2. The van der Waals surface area contributed by atoms with Gasteiger partial charge in [0.1, 0.15) is 12.7 Å². The van der Waals surface area contributed by atoms with E-state index in [9.17, 15) is 9.59 Å². The molecule has 1 aromatic heterocycles. The number of fused-ring (bicyclic) bond motifs is 1. The van der Waals surface area contributed by atoms with E-state index in [1.807, 2.05) is 48.5 Å². The molecular weight excluding hydrogens is 342 g/mol. The van der Waals surface area contributed by atoms with Crippen LogP contribution in [0.15, 0.2) is 61.2 Å². The number of para-hydroxylation sites is 3. The molecule has 1 atom stereocenters. The number of aromatic nitrogens is 3. The molecule has 7 heteroatoms. The molecule has 0 fully saturated rings. The third-order valence-electron chi connectivity index (χ3n) is 4.68. The molecule has 136 valence electrons. The normalized spacial score (nSPS) is 15.7. The molecule has 2 N–H and O–H groups in total. The summed E-state index contributed by atoms with van der Waals surface area (Å²) in [7, 11) is 0. The molecule has 0 saturated carbocycles. The van der Waals surface area contributed by atoms with Gasteiger partial charge in [-0.15, -0.1) is 0 Å². The number of hydrogen-bond acceptors (Lipinski definition) is 4. The largest absolute Gasteiger partial charge is 0.326 e. The van der Waals surface area contributed by atoms with Gasteiger partial charge in [-0.05, 0) is 36.6 Å². The molecule has 2 amide bonds. The Balaban J connectivity index is 1.39. The number of carbonyl (C=O) groups is 2. The molecule has 1 unspecified atom stereocenters. The third kappa shape index (κ3) is 3.72. The van der Waals surface area contributed by atoms with E-state index < -0.39 is 0 Å². The summed E-state index contributed by atoms with van der Waals surface area (Å²) in [6.45, 7) is 0. The van der Waals surface area contributed by atoms with E-state index in [0.29, 0.717) is 18.5 Å². The molecule has 0 aliphatic carbocycles. The van der Waals surface area contributed by atoms with E-state index in [-0.39, 0.29) is 24.2 Å². The van der Waals surface area contributed by atoms with E-state index in [4.69, 9.17) is 0 Å². The van der Waals surface area contributed by atoms with Crippen LogP contribution in [-0.2, 0) is 16.0 Å². The molecule has 1 aliphatic heterocycles. The summed E-state index contributed by atoms with van der Waals surface area (Å²) in [6.07, 6.45) is 4.45. The quantitative estimate of drug-likeness (QED) is 0.731. The minimum absolute atomic E-state index is 0.0236. The van der Waals surface area contributed by atoms with Gasteiger partial charge in [-0.25, -0.2) is 9.67 Å². The van der Waals surface area contributed by atoms with Crippen molar-refractivity contribution in [2.75, 3.05) is 10.6 Å². The molecule has 0 saturated heterocycles. The van der Waals surface area contributed by atoms with Gasteiger partial charge in [0, 0.05) is 18.0 Å². The minimum Gasteiger partial charge on any atom is -0.326 e. The van der Waals surface area contributed by atoms with Gasteiger partial charge in [-0.1, -0.05) is 30.3 Å². The lowest BCUT2D eigenvalue weighted by Crippen LogP contribution is -2.30. The second kappa shape index (κ2) is 7.41. The summed E-state index contributed by atoms with van der Waals surface area (Å²) in [4.78, 5) is 28.7. The molecule has 7 nitrogen and oxygen atoms in total. The van der Waals surface area contributed by atoms with E-state index >= 15 is 0 Å².